The summed E-state index contributed by atoms with van der Waals surface area (Å²) in [5, 5.41) is 2.91. The minimum Gasteiger partial charge on any atom is -0.307 e. The lowest BCUT2D eigenvalue weighted by Crippen LogP contribution is -2.44. The number of fused-ring (bicyclic) bond motifs is 1. The topological polar surface area (TPSA) is 116 Å². The predicted octanol–water partition coefficient (Wildman–Crippen LogP) is 1.39. The van der Waals surface area contributed by atoms with Gasteiger partial charge in [-0.1, -0.05) is 30.3 Å². The molecular weight excluding hydrogens is 310 g/mol. The lowest BCUT2D eigenvalue weighted by atomic mass is 10.2. The number of para-hydroxylation sites is 2. The molecule has 1 heterocycles. The minimum absolute atomic E-state index is 0.196. The van der Waals surface area contributed by atoms with Crippen LogP contribution in [0.5, 0.6) is 0 Å². The number of carbonyl (C=O) groups excluding carboxylic acids is 2. The Labute approximate surface area is 135 Å². The second-order valence-electron chi connectivity index (χ2n) is 4.83. The number of urea groups is 1. The van der Waals surface area contributed by atoms with Crippen molar-refractivity contribution in [3.63, 3.8) is 0 Å². The summed E-state index contributed by atoms with van der Waals surface area (Å²) in [5.74, 6) is -0.931. The number of aromatic nitrogens is 2. The molecule has 0 bridgehead atoms. The van der Waals surface area contributed by atoms with Gasteiger partial charge in [-0.05, 0) is 24.3 Å². The van der Waals surface area contributed by atoms with Crippen molar-refractivity contribution in [2.45, 2.75) is 0 Å². The first-order valence-corrected chi connectivity index (χ1v) is 7.05. The molecule has 0 aliphatic heterocycles. The molecule has 0 saturated carbocycles. The highest BCUT2D eigenvalue weighted by molar-refractivity contribution is 5.95. The van der Waals surface area contributed by atoms with Gasteiger partial charge in [-0.15, -0.1) is 0 Å². The molecule has 2 aromatic carbocycles. The van der Waals surface area contributed by atoms with Crippen LogP contribution >= 0.6 is 0 Å². The average molecular weight is 323 g/mol. The van der Waals surface area contributed by atoms with Gasteiger partial charge in [0.25, 0.3) is 5.56 Å². The second kappa shape index (κ2) is 6.61. The lowest BCUT2D eigenvalue weighted by Gasteiger charge is -2.08. The molecule has 0 spiro atoms. The zero-order valence-electron chi connectivity index (χ0n) is 12.4. The monoisotopic (exact) mass is 323 g/mol. The highest BCUT2D eigenvalue weighted by atomic mass is 16.2. The van der Waals surface area contributed by atoms with Gasteiger partial charge in [0.1, 0.15) is 0 Å². The largest absolute Gasteiger partial charge is 0.337 e. The van der Waals surface area contributed by atoms with E-state index in [1.807, 2.05) is 6.07 Å². The molecule has 8 heteroatoms. The van der Waals surface area contributed by atoms with Crippen molar-refractivity contribution in [3.8, 4) is 0 Å². The summed E-state index contributed by atoms with van der Waals surface area (Å²) < 4.78 is 0. The van der Waals surface area contributed by atoms with Gasteiger partial charge < -0.3 is 10.3 Å². The number of aromatic amines is 1. The third-order valence-corrected chi connectivity index (χ3v) is 3.15. The Morgan fingerprint density at radius 1 is 0.917 bits per heavy atom. The van der Waals surface area contributed by atoms with E-state index in [0.29, 0.717) is 16.6 Å². The predicted molar refractivity (Wildman–Crippen MR) is 88.4 cm³/mol. The average Bonchev–Trinajstić information content (AvgIpc) is 2.60. The molecule has 1 aromatic heterocycles. The van der Waals surface area contributed by atoms with Crippen molar-refractivity contribution < 1.29 is 9.59 Å². The molecule has 3 rings (SSSR count). The van der Waals surface area contributed by atoms with Crippen molar-refractivity contribution in [2.24, 2.45) is 0 Å². The zero-order chi connectivity index (χ0) is 16.9. The van der Waals surface area contributed by atoms with E-state index in [2.05, 4.69) is 26.1 Å². The number of hydrazine groups is 1. The molecule has 0 unspecified atom stereocenters. The van der Waals surface area contributed by atoms with Crippen molar-refractivity contribution in [2.75, 3.05) is 5.32 Å². The number of carbonyl (C=O) groups is 2. The molecule has 3 amide bonds. The summed E-state index contributed by atoms with van der Waals surface area (Å²) in [4.78, 5) is 42.0. The summed E-state index contributed by atoms with van der Waals surface area (Å²) in [5.41, 5.74) is 4.89. The Morgan fingerprint density at radius 3 is 2.42 bits per heavy atom. The van der Waals surface area contributed by atoms with Crippen LogP contribution in [0.3, 0.4) is 0 Å². The van der Waals surface area contributed by atoms with Crippen molar-refractivity contribution in [3.05, 3.63) is 70.8 Å². The Morgan fingerprint density at radius 2 is 1.62 bits per heavy atom. The van der Waals surface area contributed by atoms with Crippen LogP contribution in [-0.4, -0.2) is 21.9 Å². The van der Waals surface area contributed by atoms with Gasteiger partial charge >= 0.3 is 11.9 Å². The van der Waals surface area contributed by atoms with Gasteiger partial charge in [-0.2, -0.15) is 0 Å². The highest BCUT2D eigenvalue weighted by Gasteiger charge is 2.12. The van der Waals surface area contributed by atoms with E-state index in [4.69, 9.17) is 0 Å². The molecule has 3 aromatic rings. The van der Waals surface area contributed by atoms with Crippen molar-refractivity contribution in [1.29, 1.82) is 0 Å². The number of anilines is 1. The van der Waals surface area contributed by atoms with Crippen LogP contribution in [0.1, 0.15) is 10.6 Å². The van der Waals surface area contributed by atoms with E-state index in [0.717, 1.165) is 0 Å². The van der Waals surface area contributed by atoms with E-state index in [9.17, 15) is 14.4 Å². The van der Waals surface area contributed by atoms with Gasteiger partial charge in [0.05, 0.1) is 10.9 Å². The first-order chi connectivity index (χ1) is 11.6. The third-order valence-electron chi connectivity index (χ3n) is 3.15. The maximum atomic E-state index is 12.0. The van der Waals surface area contributed by atoms with E-state index < -0.39 is 17.5 Å². The molecule has 0 fully saturated rings. The van der Waals surface area contributed by atoms with Crippen LogP contribution in [-0.2, 0) is 0 Å². The van der Waals surface area contributed by atoms with Crippen LogP contribution in [0.25, 0.3) is 10.9 Å². The number of benzene rings is 2. The molecule has 120 valence electrons. The fraction of sp³-hybridized carbons (Fsp3) is 0. The number of hydrogen-bond acceptors (Lipinski definition) is 4. The minimum atomic E-state index is -0.735. The SMILES string of the molecule is O=C(NNC(=O)c1nc2ccccc2c(=O)[nH]1)Nc1ccccc1. The molecule has 4 N–H and O–H groups in total. The molecule has 24 heavy (non-hydrogen) atoms. The van der Waals surface area contributed by atoms with Crippen LogP contribution < -0.4 is 21.7 Å². The molecule has 0 atom stereocenters. The van der Waals surface area contributed by atoms with Crippen LogP contribution in [0, 0.1) is 0 Å². The van der Waals surface area contributed by atoms with Crippen molar-refractivity contribution in [1.82, 2.24) is 20.8 Å². The van der Waals surface area contributed by atoms with Crippen LogP contribution in [0.2, 0.25) is 0 Å². The summed E-state index contributed by atoms with van der Waals surface area (Å²) in [6, 6.07) is 14.7. The van der Waals surface area contributed by atoms with Crippen molar-refractivity contribution >= 4 is 28.5 Å². The third kappa shape index (κ3) is 3.38. The van der Waals surface area contributed by atoms with Gasteiger partial charge in [-0.3, -0.25) is 15.0 Å². The number of hydrogen-bond donors (Lipinski definition) is 4. The standard InChI is InChI=1S/C16H13N5O3/c22-14-11-8-4-5-9-12(11)18-13(19-14)15(23)20-21-16(24)17-10-6-2-1-3-7-10/h1-9H,(H,20,23)(H2,17,21,24)(H,18,19,22). The first-order valence-electron chi connectivity index (χ1n) is 7.05. The maximum absolute atomic E-state index is 12.0. The summed E-state index contributed by atoms with van der Waals surface area (Å²) in [7, 11) is 0. The van der Waals surface area contributed by atoms with Gasteiger partial charge in [-0.25, -0.2) is 15.2 Å². The van der Waals surface area contributed by atoms with Crippen LogP contribution in [0.4, 0.5) is 10.5 Å². The lowest BCUT2D eigenvalue weighted by molar-refractivity contribution is 0.0927. The van der Waals surface area contributed by atoms with Gasteiger partial charge in [0.15, 0.2) is 0 Å². The number of nitrogens with one attached hydrogen (secondary N) is 4. The Bertz CT molecular complexity index is 953. The maximum Gasteiger partial charge on any atom is 0.337 e. The normalized spacial score (nSPS) is 10.2. The Hall–Kier alpha value is -3.68. The van der Waals surface area contributed by atoms with Gasteiger partial charge in [0, 0.05) is 5.69 Å². The van der Waals surface area contributed by atoms with E-state index in [1.165, 1.54) is 0 Å². The number of nitrogens with zero attached hydrogens (tertiary/aromatic N) is 1. The molecule has 0 aliphatic rings. The highest BCUT2D eigenvalue weighted by Crippen LogP contribution is 2.05. The van der Waals surface area contributed by atoms with E-state index >= 15 is 0 Å². The first kappa shape index (κ1) is 15.2. The quantitative estimate of drug-likeness (QED) is 0.533. The molecule has 8 nitrogen and oxygen atoms in total. The number of H-pyrrole nitrogens is 1. The Balaban J connectivity index is 1.67. The number of rotatable bonds is 2. The fourth-order valence-electron chi connectivity index (χ4n) is 2.05. The summed E-state index contributed by atoms with van der Waals surface area (Å²) >= 11 is 0. The summed E-state index contributed by atoms with van der Waals surface area (Å²) in [6.07, 6.45) is 0. The molecular formula is C16H13N5O3. The van der Waals surface area contributed by atoms with Crippen LogP contribution in [0.15, 0.2) is 59.4 Å². The van der Waals surface area contributed by atoms with Gasteiger partial charge in [0.2, 0.25) is 5.82 Å². The fourth-order valence-corrected chi connectivity index (χ4v) is 2.05. The summed E-state index contributed by atoms with van der Waals surface area (Å²) in [6.45, 7) is 0. The molecule has 0 saturated heterocycles. The molecule has 0 aliphatic carbocycles. The molecule has 0 radical (unpaired) electrons. The smallest absolute Gasteiger partial charge is 0.307 e. The zero-order valence-corrected chi connectivity index (χ0v) is 12.4. The number of amides is 3. The Kier molecular flexibility index (Phi) is 4.19. The second-order valence-corrected chi connectivity index (χ2v) is 4.83. The van der Waals surface area contributed by atoms with E-state index in [-0.39, 0.29) is 5.82 Å². The van der Waals surface area contributed by atoms with E-state index in [1.54, 1.807) is 48.5 Å².